The van der Waals surface area contributed by atoms with E-state index in [1.807, 2.05) is 24.7 Å². The van der Waals surface area contributed by atoms with Crippen LogP contribution in [0, 0.1) is 5.92 Å². The minimum absolute atomic E-state index is 0.537. The number of pyridine rings is 1. The average Bonchev–Trinajstić information content (AvgIpc) is 2.58. The lowest BCUT2D eigenvalue weighted by atomic mass is 10.0. The highest BCUT2D eigenvalue weighted by molar-refractivity contribution is 5.59. The van der Waals surface area contributed by atoms with Crippen molar-refractivity contribution in [3.63, 3.8) is 0 Å². The van der Waals surface area contributed by atoms with Gasteiger partial charge in [0.25, 0.3) is 0 Å². The van der Waals surface area contributed by atoms with E-state index in [0.717, 1.165) is 0 Å². The first-order valence-corrected chi connectivity index (χ1v) is 9.28. The summed E-state index contributed by atoms with van der Waals surface area (Å²) in [6.07, 6.45) is 20.4. The molecule has 0 saturated carbocycles. The summed E-state index contributed by atoms with van der Waals surface area (Å²) in [5, 5.41) is 3.83. The summed E-state index contributed by atoms with van der Waals surface area (Å²) in [6, 6.07) is 4.20. The van der Waals surface area contributed by atoms with Crippen molar-refractivity contribution in [1.29, 1.82) is 0 Å². The standard InChI is InChI=1S/C20H34N2O/c1-19(17-22-23-2)13-10-8-6-4-3-5-7-9-11-14-20-15-12-16-21-18-20/h12,15-19H,3-11,13-14H2,1-2H3/b22-17+. The lowest BCUT2D eigenvalue weighted by molar-refractivity contribution is 0.213. The van der Waals surface area contributed by atoms with Crippen molar-refractivity contribution in [2.75, 3.05) is 7.11 Å². The molecule has 1 atom stereocenters. The van der Waals surface area contributed by atoms with E-state index in [0.29, 0.717) is 5.92 Å². The molecule has 0 aliphatic rings. The number of nitrogens with zero attached hydrogens (tertiary/aromatic N) is 2. The zero-order chi connectivity index (χ0) is 16.6. The third-order valence-electron chi connectivity index (χ3n) is 4.27. The SMILES string of the molecule is CO/N=C/C(C)CCCCCCCCCCCc1cccnc1. The quantitative estimate of drug-likeness (QED) is 0.247. The number of oxime groups is 1. The Bertz CT molecular complexity index is 392. The molecule has 1 unspecified atom stereocenters. The highest BCUT2D eigenvalue weighted by Crippen LogP contribution is 2.13. The van der Waals surface area contributed by atoms with Crippen LogP contribution in [-0.2, 0) is 11.3 Å². The minimum Gasteiger partial charge on any atom is -0.399 e. The summed E-state index contributed by atoms with van der Waals surface area (Å²) in [6.45, 7) is 2.20. The maximum atomic E-state index is 4.70. The number of aryl methyl sites for hydroxylation is 1. The lowest BCUT2D eigenvalue weighted by Gasteiger charge is -2.05. The molecule has 0 aliphatic heterocycles. The first-order valence-electron chi connectivity index (χ1n) is 9.28. The largest absolute Gasteiger partial charge is 0.399 e. The molecule has 1 rings (SSSR count). The molecule has 0 fully saturated rings. The molecule has 130 valence electrons. The summed E-state index contributed by atoms with van der Waals surface area (Å²) in [5.41, 5.74) is 1.37. The molecular weight excluding hydrogens is 284 g/mol. The van der Waals surface area contributed by atoms with Gasteiger partial charge in [-0.1, -0.05) is 69.5 Å². The van der Waals surface area contributed by atoms with Crippen molar-refractivity contribution in [3.05, 3.63) is 30.1 Å². The second-order valence-corrected chi connectivity index (χ2v) is 6.50. The predicted molar refractivity (Wildman–Crippen MR) is 98.8 cm³/mol. The van der Waals surface area contributed by atoms with Gasteiger partial charge in [-0.3, -0.25) is 4.98 Å². The zero-order valence-electron chi connectivity index (χ0n) is 15.0. The van der Waals surface area contributed by atoms with E-state index in [1.165, 1.54) is 76.2 Å². The molecule has 0 bridgehead atoms. The van der Waals surface area contributed by atoms with Crippen molar-refractivity contribution in [1.82, 2.24) is 4.98 Å². The van der Waals surface area contributed by atoms with Gasteiger partial charge in [-0.05, 0) is 36.8 Å². The Morgan fingerprint density at radius 3 is 2.30 bits per heavy atom. The molecule has 1 aromatic rings. The van der Waals surface area contributed by atoms with Gasteiger partial charge in [0, 0.05) is 18.6 Å². The van der Waals surface area contributed by atoms with Crippen LogP contribution in [0.2, 0.25) is 0 Å². The molecule has 1 heterocycles. The third-order valence-corrected chi connectivity index (χ3v) is 4.27. The number of hydrogen-bond donors (Lipinski definition) is 0. The normalized spacial score (nSPS) is 12.6. The fraction of sp³-hybridized carbons (Fsp3) is 0.700. The van der Waals surface area contributed by atoms with Crippen molar-refractivity contribution in [2.24, 2.45) is 11.1 Å². The highest BCUT2D eigenvalue weighted by atomic mass is 16.6. The van der Waals surface area contributed by atoms with Gasteiger partial charge in [0.2, 0.25) is 0 Å². The van der Waals surface area contributed by atoms with Gasteiger partial charge >= 0.3 is 0 Å². The highest BCUT2D eigenvalue weighted by Gasteiger charge is 1.99. The van der Waals surface area contributed by atoms with Gasteiger partial charge in [0.05, 0.1) is 0 Å². The van der Waals surface area contributed by atoms with E-state index in [9.17, 15) is 0 Å². The van der Waals surface area contributed by atoms with Crippen LogP contribution in [0.4, 0.5) is 0 Å². The molecule has 3 nitrogen and oxygen atoms in total. The Labute approximate surface area is 142 Å². The minimum atomic E-state index is 0.537. The Kier molecular flexibility index (Phi) is 12.2. The Morgan fingerprint density at radius 1 is 1.04 bits per heavy atom. The van der Waals surface area contributed by atoms with E-state index < -0.39 is 0 Å². The molecule has 0 aromatic carbocycles. The van der Waals surface area contributed by atoms with Crippen LogP contribution in [0.5, 0.6) is 0 Å². The van der Waals surface area contributed by atoms with Gasteiger partial charge in [-0.25, -0.2) is 0 Å². The fourth-order valence-electron chi connectivity index (χ4n) is 2.82. The van der Waals surface area contributed by atoms with Crippen molar-refractivity contribution in [3.8, 4) is 0 Å². The van der Waals surface area contributed by atoms with E-state index in [2.05, 4.69) is 23.1 Å². The molecule has 1 aromatic heterocycles. The maximum Gasteiger partial charge on any atom is 0.106 e. The van der Waals surface area contributed by atoms with Crippen molar-refractivity contribution < 1.29 is 4.84 Å². The van der Waals surface area contributed by atoms with Gasteiger partial charge in [0.15, 0.2) is 0 Å². The number of aromatic nitrogens is 1. The Morgan fingerprint density at radius 2 is 1.70 bits per heavy atom. The molecule has 0 N–H and O–H groups in total. The summed E-state index contributed by atoms with van der Waals surface area (Å²) in [5.74, 6) is 0.537. The molecular formula is C20H34N2O. The summed E-state index contributed by atoms with van der Waals surface area (Å²) < 4.78 is 0. The maximum absolute atomic E-state index is 4.70. The third kappa shape index (κ3) is 11.8. The first-order chi connectivity index (χ1) is 11.3. The molecule has 0 spiro atoms. The predicted octanol–water partition coefficient (Wildman–Crippen LogP) is 5.79. The second-order valence-electron chi connectivity index (χ2n) is 6.50. The topological polar surface area (TPSA) is 34.5 Å². The smallest absolute Gasteiger partial charge is 0.106 e. The van der Waals surface area contributed by atoms with Gasteiger partial charge in [-0.2, -0.15) is 0 Å². The van der Waals surface area contributed by atoms with Gasteiger partial charge in [-0.15, -0.1) is 0 Å². The van der Waals surface area contributed by atoms with Gasteiger partial charge < -0.3 is 4.84 Å². The molecule has 0 saturated heterocycles. The number of unbranched alkanes of at least 4 members (excludes halogenated alkanes) is 8. The zero-order valence-corrected chi connectivity index (χ0v) is 15.0. The van der Waals surface area contributed by atoms with Crippen molar-refractivity contribution >= 4 is 6.21 Å². The molecule has 3 heteroatoms. The fourth-order valence-corrected chi connectivity index (χ4v) is 2.82. The van der Waals surface area contributed by atoms with E-state index in [4.69, 9.17) is 4.84 Å². The van der Waals surface area contributed by atoms with Crippen molar-refractivity contribution in [2.45, 2.75) is 77.6 Å². The van der Waals surface area contributed by atoms with Crippen LogP contribution in [0.3, 0.4) is 0 Å². The van der Waals surface area contributed by atoms with Crippen LogP contribution in [0.15, 0.2) is 29.7 Å². The number of rotatable bonds is 14. The molecule has 0 radical (unpaired) electrons. The summed E-state index contributed by atoms with van der Waals surface area (Å²) in [4.78, 5) is 8.86. The second kappa shape index (κ2) is 14.2. The molecule has 23 heavy (non-hydrogen) atoms. The Hall–Kier alpha value is -1.38. The summed E-state index contributed by atoms with van der Waals surface area (Å²) >= 11 is 0. The van der Waals surface area contributed by atoms with Crippen LogP contribution < -0.4 is 0 Å². The monoisotopic (exact) mass is 318 g/mol. The van der Waals surface area contributed by atoms with Crippen LogP contribution in [0.1, 0.15) is 76.7 Å². The van der Waals surface area contributed by atoms with Crippen LogP contribution >= 0.6 is 0 Å². The van der Waals surface area contributed by atoms with Crippen LogP contribution in [0.25, 0.3) is 0 Å². The Balaban J connectivity index is 1.80. The van der Waals surface area contributed by atoms with E-state index >= 15 is 0 Å². The van der Waals surface area contributed by atoms with E-state index in [1.54, 1.807) is 7.11 Å². The number of hydrogen-bond acceptors (Lipinski definition) is 3. The van der Waals surface area contributed by atoms with Gasteiger partial charge in [0.1, 0.15) is 7.11 Å². The van der Waals surface area contributed by atoms with E-state index in [-0.39, 0.29) is 0 Å². The first kappa shape index (κ1) is 19.7. The van der Waals surface area contributed by atoms with Crippen LogP contribution in [-0.4, -0.2) is 18.3 Å². The average molecular weight is 319 g/mol. The molecule has 0 amide bonds. The molecule has 0 aliphatic carbocycles. The lowest BCUT2D eigenvalue weighted by Crippen LogP contribution is -1.96. The summed E-state index contributed by atoms with van der Waals surface area (Å²) in [7, 11) is 1.60.